The smallest absolute Gasteiger partial charge is 0.293 e. The molecule has 0 aromatic heterocycles. The van der Waals surface area contributed by atoms with E-state index < -0.39 is 10.5 Å². The molecule has 1 rings (SSSR count). The quantitative estimate of drug-likeness (QED) is 0.211. The molecule has 0 radical (unpaired) electrons. The normalized spacial score (nSPS) is 11.4. The Morgan fingerprint density at radius 1 is 1.58 bits per heavy atom. The van der Waals surface area contributed by atoms with Gasteiger partial charge in [-0.1, -0.05) is 15.9 Å². The van der Waals surface area contributed by atoms with Crippen LogP contribution in [0.5, 0.6) is 0 Å². The summed E-state index contributed by atoms with van der Waals surface area (Å²) in [6.45, 7) is 4.09. The van der Waals surface area contributed by atoms with E-state index >= 15 is 0 Å². The molecular formula is C10H12BrIN2O4S. The fourth-order valence-electron chi connectivity index (χ4n) is 1.35. The van der Waals surface area contributed by atoms with Crippen LogP contribution in [0.1, 0.15) is 13.8 Å². The topological polar surface area (TPSA) is 73.6 Å². The Balaban J connectivity index is 2.83. The summed E-state index contributed by atoms with van der Waals surface area (Å²) in [5.41, 5.74) is -0.0109. The monoisotopic (exact) mass is 462 g/mol. The first-order valence-corrected chi connectivity index (χ1v) is 7.49. The number of hydrogen-bond acceptors (Lipinski definition) is 6. The molecule has 0 saturated carbocycles. The Labute approximate surface area is 138 Å². The molecule has 0 saturated heterocycles. The summed E-state index contributed by atoms with van der Waals surface area (Å²) in [7, 11) is 0. The Kier molecular flexibility index (Phi) is 6.80. The molecule has 1 aromatic rings. The van der Waals surface area contributed by atoms with Gasteiger partial charge in [0.1, 0.15) is 28.7 Å². The zero-order valence-electron chi connectivity index (χ0n) is 10.2. The standard InChI is InChI=1S/C10H12BrIN2O4S/c1-10(2,6-17-19-18-12)13-8-4-3-7(11)5-9(8)14(15)16/h3-5,13H,6H2,1-2H3. The van der Waals surface area contributed by atoms with Gasteiger partial charge >= 0.3 is 0 Å². The van der Waals surface area contributed by atoms with Crippen molar-refractivity contribution in [2.45, 2.75) is 19.4 Å². The number of hydrogen-bond donors (Lipinski definition) is 1. The van der Waals surface area contributed by atoms with Gasteiger partial charge in [0.15, 0.2) is 12.3 Å². The zero-order chi connectivity index (χ0) is 14.5. The molecule has 9 heteroatoms. The van der Waals surface area contributed by atoms with Gasteiger partial charge in [-0.3, -0.25) is 14.3 Å². The number of benzene rings is 1. The largest absolute Gasteiger partial charge is 0.372 e. The first kappa shape index (κ1) is 17.0. The van der Waals surface area contributed by atoms with Gasteiger partial charge in [0.25, 0.3) is 5.69 Å². The van der Waals surface area contributed by atoms with Crippen LogP contribution in [0, 0.1) is 10.1 Å². The van der Waals surface area contributed by atoms with Crippen molar-refractivity contribution in [2.24, 2.45) is 0 Å². The van der Waals surface area contributed by atoms with Crippen LogP contribution in [0.3, 0.4) is 0 Å². The van der Waals surface area contributed by atoms with Crippen LogP contribution in [0.15, 0.2) is 22.7 Å². The fourth-order valence-corrected chi connectivity index (χ4v) is 2.39. The lowest BCUT2D eigenvalue weighted by molar-refractivity contribution is -0.384. The van der Waals surface area contributed by atoms with Gasteiger partial charge < -0.3 is 5.32 Å². The minimum absolute atomic E-state index is 0.0141. The summed E-state index contributed by atoms with van der Waals surface area (Å²) in [6, 6.07) is 4.86. The van der Waals surface area contributed by atoms with Crippen LogP contribution >= 0.6 is 51.3 Å². The molecule has 0 spiro atoms. The van der Waals surface area contributed by atoms with Gasteiger partial charge in [0.2, 0.25) is 0 Å². The maximum absolute atomic E-state index is 11.0. The highest BCUT2D eigenvalue weighted by atomic mass is 127. The zero-order valence-corrected chi connectivity index (χ0v) is 14.7. The molecule has 0 aliphatic rings. The van der Waals surface area contributed by atoms with Crippen LogP contribution in [-0.2, 0) is 6.70 Å². The molecule has 6 nitrogen and oxygen atoms in total. The molecular weight excluding hydrogens is 451 g/mol. The first-order valence-electron chi connectivity index (χ1n) is 5.15. The maximum atomic E-state index is 11.0. The Bertz CT molecular complexity index is 461. The Morgan fingerprint density at radius 2 is 2.26 bits per heavy atom. The third-order valence-corrected chi connectivity index (χ3v) is 3.32. The number of nitro groups is 1. The van der Waals surface area contributed by atoms with Crippen molar-refractivity contribution < 1.29 is 11.6 Å². The van der Waals surface area contributed by atoms with Gasteiger partial charge in [-0.25, -0.2) is 2.51 Å². The first-order chi connectivity index (χ1) is 8.85. The number of anilines is 1. The molecule has 1 aromatic carbocycles. The second-order valence-electron chi connectivity index (χ2n) is 4.32. The van der Waals surface area contributed by atoms with Crippen molar-refractivity contribution >= 4 is 62.6 Å². The molecule has 0 aliphatic carbocycles. The lowest BCUT2D eigenvalue weighted by Crippen LogP contribution is -2.35. The van der Waals surface area contributed by atoms with E-state index in [1.54, 1.807) is 35.1 Å². The van der Waals surface area contributed by atoms with E-state index in [1.807, 2.05) is 13.8 Å². The van der Waals surface area contributed by atoms with Crippen LogP contribution < -0.4 is 5.32 Å². The summed E-state index contributed by atoms with van der Waals surface area (Å²) in [6.07, 6.45) is 0. The average Bonchev–Trinajstić information content (AvgIpc) is 2.31. The number of rotatable bonds is 7. The molecule has 0 bridgehead atoms. The highest BCUT2D eigenvalue weighted by molar-refractivity contribution is 14.1. The van der Waals surface area contributed by atoms with E-state index in [4.69, 9.17) is 4.18 Å². The number of nitro benzene ring substituents is 1. The third kappa shape index (κ3) is 5.81. The molecule has 0 heterocycles. The molecule has 0 aliphatic heterocycles. The van der Waals surface area contributed by atoms with Crippen LogP contribution in [0.4, 0.5) is 11.4 Å². The van der Waals surface area contributed by atoms with E-state index in [0.29, 0.717) is 16.8 Å². The molecule has 0 fully saturated rings. The maximum Gasteiger partial charge on any atom is 0.293 e. The van der Waals surface area contributed by atoms with Crippen molar-refractivity contribution in [2.75, 3.05) is 11.9 Å². The molecule has 106 valence electrons. The molecule has 19 heavy (non-hydrogen) atoms. The molecule has 1 N–H and O–H groups in total. The van der Waals surface area contributed by atoms with E-state index in [-0.39, 0.29) is 5.69 Å². The van der Waals surface area contributed by atoms with Gasteiger partial charge in [0, 0.05) is 10.5 Å². The SMILES string of the molecule is CC(C)(COSOI)Nc1ccc(Br)cc1[N+](=O)[O-]. The minimum atomic E-state index is -0.471. The van der Waals surface area contributed by atoms with Crippen LogP contribution in [0.25, 0.3) is 0 Å². The third-order valence-electron chi connectivity index (χ3n) is 2.12. The van der Waals surface area contributed by atoms with Crippen LogP contribution in [-0.4, -0.2) is 17.1 Å². The van der Waals surface area contributed by atoms with Gasteiger partial charge in [-0.2, -0.15) is 0 Å². The van der Waals surface area contributed by atoms with Crippen molar-refractivity contribution in [1.29, 1.82) is 0 Å². The number of nitrogens with zero attached hydrogens (tertiary/aromatic N) is 1. The highest BCUT2D eigenvalue weighted by Crippen LogP contribution is 2.30. The van der Waals surface area contributed by atoms with Crippen LogP contribution in [0.2, 0.25) is 0 Å². The summed E-state index contributed by atoms with van der Waals surface area (Å²) < 4.78 is 10.5. The molecule has 0 amide bonds. The van der Waals surface area contributed by atoms with Gasteiger partial charge in [0.05, 0.1) is 17.1 Å². The highest BCUT2D eigenvalue weighted by Gasteiger charge is 2.23. The number of halogens is 2. The number of nitrogens with one attached hydrogen (secondary N) is 1. The van der Waals surface area contributed by atoms with Crippen molar-refractivity contribution in [3.8, 4) is 0 Å². The van der Waals surface area contributed by atoms with Crippen molar-refractivity contribution in [3.63, 3.8) is 0 Å². The van der Waals surface area contributed by atoms with Crippen molar-refractivity contribution in [1.82, 2.24) is 0 Å². The summed E-state index contributed by atoms with van der Waals surface area (Å²) >= 11 is 5.78. The van der Waals surface area contributed by atoms with Crippen molar-refractivity contribution in [3.05, 3.63) is 32.8 Å². The predicted molar refractivity (Wildman–Crippen MR) is 87.1 cm³/mol. The van der Waals surface area contributed by atoms with Gasteiger partial charge in [-0.05, 0) is 26.0 Å². The molecule has 0 unspecified atom stereocenters. The summed E-state index contributed by atoms with van der Waals surface area (Å²) in [5.74, 6) is 0. The Hall–Kier alpha value is -0.100. The van der Waals surface area contributed by atoms with E-state index in [0.717, 1.165) is 12.3 Å². The molecule has 0 atom stereocenters. The summed E-state index contributed by atoms with van der Waals surface area (Å²) in [4.78, 5) is 10.6. The predicted octanol–water partition coefficient (Wildman–Crippen LogP) is 4.49. The summed E-state index contributed by atoms with van der Waals surface area (Å²) in [5, 5.41) is 14.1. The van der Waals surface area contributed by atoms with Gasteiger partial charge in [-0.15, -0.1) is 0 Å². The van der Waals surface area contributed by atoms with E-state index in [1.165, 1.54) is 6.07 Å². The second kappa shape index (κ2) is 7.62. The van der Waals surface area contributed by atoms with E-state index in [2.05, 4.69) is 23.8 Å². The lowest BCUT2D eigenvalue weighted by atomic mass is 10.1. The average molecular weight is 463 g/mol. The fraction of sp³-hybridized carbons (Fsp3) is 0.400. The lowest BCUT2D eigenvalue weighted by Gasteiger charge is -2.26. The Morgan fingerprint density at radius 3 is 2.84 bits per heavy atom. The second-order valence-corrected chi connectivity index (χ2v) is 6.81. The minimum Gasteiger partial charge on any atom is -0.372 e. The van der Waals surface area contributed by atoms with E-state index in [9.17, 15) is 10.1 Å².